The van der Waals surface area contributed by atoms with E-state index in [1.807, 2.05) is 0 Å². The molecule has 24 heavy (non-hydrogen) atoms. The third kappa shape index (κ3) is 8.02. The third-order valence-electron chi connectivity index (χ3n) is 2.73. The number of hydrogen-bond acceptors (Lipinski definition) is 5. The zero-order chi connectivity index (χ0) is 18.0. The van der Waals surface area contributed by atoms with Gasteiger partial charge in [0.15, 0.2) is 11.5 Å². The van der Waals surface area contributed by atoms with Crippen molar-refractivity contribution in [3.63, 3.8) is 0 Å². The number of anilines is 1. The Morgan fingerprint density at radius 2 is 1.88 bits per heavy atom. The lowest BCUT2D eigenvalue weighted by Crippen LogP contribution is -2.20. The number of carbonyl (C=O) groups is 1. The van der Waals surface area contributed by atoms with Crippen molar-refractivity contribution in [1.82, 2.24) is 0 Å². The Bertz CT molecular complexity index is 522. The average molecular weight is 351 g/mol. The molecule has 1 rings (SSSR count). The molecular formula is C15H20F3NO5. The molecule has 0 spiro atoms. The van der Waals surface area contributed by atoms with Crippen molar-refractivity contribution >= 4 is 11.6 Å². The second-order valence-corrected chi connectivity index (χ2v) is 4.67. The van der Waals surface area contributed by atoms with Crippen LogP contribution in [0.5, 0.6) is 11.5 Å². The van der Waals surface area contributed by atoms with Gasteiger partial charge in [-0.1, -0.05) is 0 Å². The number of alkyl halides is 3. The van der Waals surface area contributed by atoms with Gasteiger partial charge in [-0.15, -0.1) is 0 Å². The highest BCUT2D eigenvalue weighted by Gasteiger charge is 2.27. The van der Waals surface area contributed by atoms with Crippen LogP contribution in [0.2, 0.25) is 0 Å². The van der Waals surface area contributed by atoms with E-state index in [0.717, 1.165) is 0 Å². The maximum Gasteiger partial charge on any atom is 0.411 e. The minimum atomic E-state index is -4.40. The van der Waals surface area contributed by atoms with Crippen LogP contribution in [-0.4, -0.2) is 52.7 Å². The van der Waals surface area contributed by atoms with E-state index in [1.54, 1.807) is 18.2 Å². The van der Waals surface area contributed by atoms with Crippen LogP contribution in [0, 0.1) is 0 Å². The number of ether oxygens (including phenoxy) is 4. The van der Waals surface area contributed by atoms with Gasteiger partial charge in [-0.3, -0.25) is 4.79 Å². The monoisotopic (exact) mass is 351 g/mol. The summed E-state index contributed by atoms with van der Waals surface area (Å²) in [4.78, 5) is 11.7. The fraction of sp³-hybridized carbons (Fsp3) is 0.533. The minimum absolute atomic E-state index is 0.192. The lowest BCUT2D eigenvalue weighted by atomic mass is 10.2. The SMILES string of the molecule is COCCOc1cc(NC(=O)CCOCC(F)(F)F)ccc1OC. The normalized spacial score (nSPS) is 11.2. The molecule has 0 bridgehead atoms. The lowest BCUT2D eigenvalue weighted by Gasteiger charge is -2.13. The highest BCUT2D eigenvalue weighted by molar-refractivity contribution is 5.91. The quantitative estimate of drug-likeness (QED) is 0.657. The van der Waals surface area contributed by atoms with E-state index in [-0.39, 0.29) is 13.0 Å². The molecule has 0 saturated heterocycles. The van der Waals surface area contributed by atoms with E-state index in [1.165, 1.54) is 14.2 Å². The molecule has 0 aromatic heterocycles. The molecule has 6 nitrogen and oxygen atoms in total. The maximum atomic E-state index is 11.9. The predicted octanol–water partition coefficient (Wildman–Crippen LogP) is 2.63. The first-order chi connectivity index (χ1) is 11.4. The van der Waals surface area contributed by atoms with Gasteiger partial charge in [-0.05, 0) is 12.1 Å². The van der Waals surface area contributed by atoms with Gasteiger partial charge in [0, 0.05) is 18.9 Å². The Morgan fingerprint density at radius 3 is 2.50 bits per heavy atom. The van der Waals surface area contributed by atoms with Crippen LogP contribution in [0.1, 0.15) is 6.42 Å². The summed E-state index contributed by atoms with van der Waals surface area (Å²) < 4.78 is 55.6. The zero-order valence-electron chi connectivity index (χ0n) is 13.4. The summed E-state index contributed by atoms with van der Waals surface area (Å²) in [6.07, 6.45) is -4.59. The van der Waals surface area contributed by atoms with E-state index in [2.05, 4.69) is 10.1 Å². The standard InChI is InChI=1S/C15H20F3NO5/c1-21-7-8-24-13-9-11(3-4-12(13)22-2)19-14(20)5-6-23-10-15(16,17)18/h3-4,9H,5-8,10H2,1-2H3,(H,19,20). The van der Waals surface area contributed by atoms with Crippen LogP contribution >= 0.6 is 0 Å². The van der Waals surface area contributed by atoms with Crippen molar-refractivity contribution in [2.45, 2.75) is 12.6 Å². The molecule has 0 atom stereocenters. The van der Waals surface area contributed by atoms with Crippen molar-refractivity contribution in [2.75, 3.05) is 46.0 Å². The average Bonchev–Trinajstić information content (AvgIpc) is 2.51. The first-order valence-corrected chi connectivity index (χ1v) is 7.10. The van der Waals surface area contributed by atoms with Crippen LogP contribution < -0.4 is 14.8 Å². The molecule has 136 valence electrons. The van der Waals surface area contributed by atoms with Gasteiger partial charge in [0.2, 0.25) is 5.91 Å². The summed E-state index contributed by atoms with van der Waals surface area (Å²) in [6, 6.07) is 4.76. The zero-order valence-corrected chi connectivity index (χ0v) is 13.4. The van der Waals surface area contributed by atoms with E-state index in [9.17, 15) is 18.0 Å². The van der Waals surface area contributed by atoms with Crippen molar-refractivity contribution in [3.05, 3.63) is 18.2 Å². The third-order valence-corrected chi connectivity index (χ3v) is 2.73. The topological polar surface area (TPSA) is 66.0 Å². The maximum absolute atomic E-state index is 11.9. The summed E-state index contributed by atoms with van der Waals surface area (Å²) in [6.45, 7) is -1.01. The van der Waals surface area contributed by atoms with E-state index >= 15 is 0 Å². The van der Waals surface area contributed by atoms with E-state index < -0.39 is 18.7 Å². The molecule has 0 unspecified atom stereocenters. The molecule has 1 amide bonds. The molecule has 0 aliphatic rings. The Labute approximate surface area is 137 Å². The number of benzene rings is 1. The summed E-state index contributed by atoms with van der Waals surface area (Å²) in [5.74, 6) is 0.434. The molecular weight excluding hydrogens is 331 g/mol. The second kappa shape index (κ2) is 9.99. The smallest absolute Gasteiger partial charge is 0.411 e. The molecule has 0 saturated carbocycles. The number of amides is 1. The van der Waals surface area contributed by atoms with Crippen molar-refractivity contribution in [3.8, 4) is 11.5 Å². The molecule has 0 aliphatic carbocycles. The van der Waals surface area contributed by atoms with Gasteiger partial charge in [-0.2, -0.15) is 13.2 Å². The molecule has 1 aromatic carbocycles. The Kier molecular flexibility index (Phi) is 8.34. The molecule has 0 fully saturated rings. The number of methoxy groups -OCH3 is 2. The highest BCUT2D eigenvalue weighted by atomic mass is 19.4. The predicted molar refractivity (Wildman–Crippen MR) is 80.5 cm³/mol. The summed E-state index contributed by atoms with van der Waals surface area (Å²) in [5.41, 5.74) is 0.434. The molecule has 9 heteroatoms. The molecule has 0 aliphatic heterocycles. The van der Waals surface area contributed by atoms with E-state index in [0.29, 0.717) is 30.4 Å². The van der Waals surface area contributed by atoms with Gasteiger partial charge in [0.1, 0.15) is 13.2 Å². The number of nitrogens with one attached hydrogen (secondary N) is 1. The molecule has 0 radical (unpaired) electrons. The first kappa shape index (κ1) is 20.0. The Morgan fingerprint density at radius 1 is 1.12 bits per heavy atom. The van der Waals surface area contributed by atoms with Crippen LogP contribution in [0.15, 0.2) is 18.2 Å². The number of carbonyl (C=O) groups excluding carboxylic acids is 1. The minimum Gasteiger partial charge on any atom is -0.493 e. The van der Waals surface area contributed by atoms with Gasteiger partial charge in [-0.25, -0.2) is 0 Å². The second-order valence-electron chi connectivity index (χ2n) is 4.67. The van der Waals surface area contributed by atoms with Crippen LogP contribution in [-0.2, 0) is 14.3 Å². The number of rotatable bonds is 10. The summed E-state index contributed by atoms with van der Waals surface area (Å²) in [7, 11) is 3.02. The Balaban J connectivity index is 2.51. The lowest BCUT2D eigenvalue weighted by molar-refractivity contribution is -0.174. The van der Waals surface area contributed by atoms with Gasteiger partial charge in [0.25, 0.3) is 0 Å². The van der Waals surface area contributed by atoms with Crippen LogP contribution in [0.4, 0.5) is 18.9 Å². The summed E-state index contributed by atoms with van der Waals surface area (Å²) >= 11 is 0. The number of hydrogen-bond donors (Lipinski definition) is 1. The molecule has 1 N–H and O–H groups in total. The van der Waals surface area contributed by atoms with Gasteiger partial charge in [0.05, 0.1) is 26.7 Å². The van der Waals surface area contributed by atoms with Gasteiger partial charge < -0.3 is 24.3 Å². The molecule has 1 aromatic rings. The van der Waals surface area contributed by atoms with Crippen molar-refractivity contribution < 1.29 is 36.9 Å². The van der Waals surface area contributed by atoms with Crippen LogP contribution in [0.25, 0.3) is 0 Å². The fourth-order valence-electron chi connectivity index (χ4n) is 1.68. The number of halogens is 3. The van der Waals surface area contributed by atoms with E-state index in [4.69, 9.17) is 14.2 Å². The largest absolute Gasteiger partial charge is 0.493 e. The fourth-order valence-corrected chi connectivity index (χ4v) is 1.68. The van der Waals surface area contributed by atoms with Gasteiger partial charge >= 0.3 is 6.18 Å². The van der Waals surface area contributed by atoms with Crippen molar-refractivity contribution in [2.24, 2.45) is 0 Å². The summed E-state index contributed by atoms with van der Waals surface area (Å²) in [5, 5.41) is 2.55. The highest BCUT2D eigenvalue weighted by Crippen LogP contribution is 2.30. The van der Waals surface area contributed by atoms with Crippen LogP contribution in [0.3, 0.4) is 0 Å². The van der Waals surface area contributed by atoms with Crippen molar-refractivity contribution in [1.29, 1.82) is 0 Å². The first-order valence-electron chi connectivity index (χ1n) is 7.10. The Hall–Kier alpha value is -2.00. The molecule has 0 heterocycles.